The number of hydrogen-bond donors (Lipinski definition) is 1. The maximum atomic E-state index is 5.63. The average molecular weight is 251 g/mol. The molecule has 1 aliphatic heterocycles. The maximum absolute atomic E-state index is 5.63. The van der Waals surface area contributed by atoms with Crippen molar-refractivity contribution in [3.05, 3.63) is 34.4 Å². The molecule has 0 unspecified atom stereocenters. The van der Waals surface area contributed by atoms with Crippen molar-refractivity contribution in [2.24, 2.45) is 0 Å². The summed E-state index contributed by atoms with van der Waals surface area (Å²) in [5.41, 5.74) is 3.14. The lowest BCUT2D eigenvalue weighted by atomic mass is 10.1. The molecule has 0 saturated heterocycles. The average Bonchev–Trinajstić information content (AvgIpc) is 2.66. The van der Waals surface area contributed by atoms with Crippen molar-refractivity contribution in [2.75, 3.05) is 0 Å². The molecule has 0 amide bonds. The van der Waals surface area contributed by atoms with Crippen LogP contribution in [0.25, 0.3) is 11.3 Å². The smallest absolute Gasteiger partial charge is 0.143 e. The van der Waals surface area contributed by atoms with E-state index in [2.05, 4.69) is 26.1 Å². The van der Waals surface area contributed by atoms with Gasteiger partial charge in [0.25, 0.3) is 0 Å². The van der Waals surface area contributed by atoms with Gasteiger partial charge in [-0.1, -0.05) is 6.07 Å². The fraction of sp³-hybridized carbons (Fsp3) is 0.100. The predicted octanol–water partition coefficient (Wildman–Crippen LogP) is 2.73. The van der Waals surface area contributed by atoms with Crippen molar-refractivity contribution in [3.8, 4) is 17.0 Å². The number of H-pyrrole nitrogens is 1. The van der Waals surface area contributed by atoms with Gasteiger partial charge in [0.1, 0.15) is 18.1 Å². The molecular formula is C10H7BrN2O. The standard InChI is InChI=1S/C10H7BrN2O/c11-8-3-1-2-7-9-6(4-12-13-9)5-14-10(7)8/h1-4H,5H2,(H,12,13). The number of halogens is 1. The van der Waals surface area contributed by atoms with Crippen LogP contribution in [0.5, 0.6) is 5.75 Å². The summed E-state index contributed by atoms with van der Waals surface area (Å²) in [6.07, 6.45) is 1.87. The van der Waals surface area contributed by atoms with E-state index in [9.17, 15) is 0 Å². The number of para-hydroxylation sites is 1. The minimum atomic E-state index is 0.585. The minimum absolute atomic E-state index is 0.585. The number of aromatic nitrogens is 2. The zero-order valence-corrected chi connectivity index (χ0v) is 8.84. The lowest BCUT2D eigenvalue weighted by molar-refractivity contribution is 0.300. The van der Waals surface area contributed by atoms with Gasteiger partial charge in [0, 0.05) is 17.3 Å². The Kier molecular flexibility index (Phi) is 1.64. The van der Waals surface area contributed by atoms with Crippen LogP contribution in [0, 0.1) is 0 Å². The number of hydrogen-bond acceptors (Lipinski definition) is 2. The summed E-state index contributed by atoms with van der Waals surface area (Å²) >= 11 is 3.46. The lowest BCUT2D eigenvalue weighted by Gasteiger charge is -2.17. The molecular weight excluding hydrogens is 244 g/mol. The summed E-state index contributed by atoms with van der Waals surface area (Å²) in [5.74, 6) is 0.882. The quantitative estimate of drug-likeness (QED) is 0.781. The molecule has 0 atom stereocenters. The first kappa shape index (κ1) is 8.05. The Morgan fingerprint density at radius 3 is 3.29 bits per heavy atom. The van der Waals surface area contributed by atoms with Crippen molar-refractivity contribution < 1.29 is 4.74 Å². The van der Waals surface area contributed by atoms with E-state index >= 15 is 0 Å². The van der Waals surface area contributed by atoms with Gasteiger partial charge < -0.3 is 4.74 Å². The van der Waals surface area contributed by atoms with Gasteiger partial charge in [-0.25, -0.2) is 0 Å². The molecule has 0 spiro atoms. The molecule has 1 N–H and O–H groups in total. The van der Waals surface area contributed by atoms with Crippen LogP contribution in [-0.2, 0) is 6.61 Å². The summed E-state index contributed by atoms with van der Waals surface area (Å²) in [6, 6.07) is 5.96. The van der Waals surface area contributed by atoms with E-state index in [0.717, 1.165) is 27.0 Å². The third-order valence-corrected chi connectivity index (χ3v) is 2.94. The molecule has 70 valence electrons. The molecule has 0 radical (unpaired) electrons. The van der Waals surface area contributed by atoms with Gasteiger partial charge in [-0.15, -0.1) is 0 Å². The largest absolute Gasteiger partial charge is 0.487 e. The Balaban J connectivity index is 2.31. The highest BCUT2D eigenvalue weighted by atomic mass is 79.9. The van der Waals surface area contributed by atoms with Gasteiger partial charge in [-0.2, -0.15) is 5.10 Å². The number of nitrogens with zero attached hydrogens (tertiary/aromatic N) is 1. The Morgan fingerprint density at radius 2 is 2.36 bits per heavy atom. The molecule has 0 bridgehead atoms. The Labute approximate surface area is 89.2 Å². The SMILES string of the molecule is Brc1cccc2c1OCc1c[nH]nc1-2. The number of benzene rings is 1. The number of aromatic amines is 1. The van der Waals surface area contributed by atoms with Gasteiger partial charge in [0.05, 0.1) is 4.47 Å². The van der Waals surface area contributed by atoms with Crippen molar-refractivity contribution in [2.45, 2.75) is 6.61 Å². The third kappa shape index (κ3) is 1.00. The van der Waals surface area contributed by atoms with Crippen molar-refractivity contribution in [1.82, 2.24) is 10.2 Å². The van der Waals surface area contributed by atoms with E-state index in [-0.39, 0.29) is 0 Å². The molecule has 0 fully saturated rings. The molecule has 2 heterocycles. The van der Waals surface area contributed by atoms with Crippen LogP contribution in [0.2, 0.25) is 0 Å². The normalized spacial score (nSPS) is 12.9. The van der Waals surface area contributed by atoms with E-state index in [1.807, 2.05) is 24.4 Å². The van der Waals surface area contributed by atoms with Crippen molar-refractivity contribution in [1.29, 1.82) is 0 Å². The monoisotopic (exact) mass is 250 g/mol. The van der Waals surface area contributed by atoms with E-state index < -0.39 is 0 Å². The first-order valence-electron chi connectivity index (χ1n) is 4.30. The number of fused-ring (bicyclic) bond motifs is 3. The highest BCUT2D eigenvalue weighted by Crippen LogP contribution is 2.40. The lowest BCUT2D eigenvalue weighted by Crippen LogP contribution is -2.04. The summed E-state index contributed by atoms with van der Waals surface area (Å²) in [7, 11) is 0. The zero-order valence-electron chi connectivity index (χ0n) is 7.25. The highest BCUT2D eigenvalue weighted by molar-refractivity contribution is 9.10. The number of nitrogens with one attached hydrogen (secondary N) is 1. The van der Waals surface area contributed by atoms with Crippen LogP contribution in [0.4, 0.5) is 0 Å². The molecule has 3 nitrogen and oxygen atoms in total. The maximum Gasteiger partial charge on any atom is 0.143 e. The van der Waals surface area contributed by atoms with Crippen molar-refractivity contribution >= 4 is 15.9 Å². The molecule has 1 aliphatic rings. The first-order chi connectivity index (χ1) is 6.86. The Morgan fingerprint density at radius 1 is 1.43 bits per heavy atom. The molecule has 0 aliphatic carbocycles. The second-order valence-electron chi connectivity index (χ2n) is 3.16. The number of rotatable bonds is 0. The van der Waals surface area contributed by atoms with E-state index in [4.69, 9.17) is 4.74 Å². The molecule has 1 aromatic carbocycles. The fourth-order valence-electron chi connectivity index (χ4n) is 1.65. The topological polar surface area (TPSA) is 37.9 Å². The molecule has 14 heavy (non-hydrogen) atoms. The van der Waals surface area contributed by atoms with Gasteiger partial charge >= 0.3 is 0 Å². The van der Waals surface area contributed by atoms with Gasteiger partial charge in [0.2, 0.25) is 0 Å². The minimum Gasteiger partial charge on any atom is -0.487 e. The third-order valence-electron chi connectivity index (χ3n) is 2.31. The van der Waals surface area contributed by atoms with Crippen LogP contribution < -0.4 is 4.74 Å². The summed E-state index contributed by atoms with van der Waals surface area (Å²) in [4.78, 5) is 0. The predicted molar refractivity (Wildman–Crippen MR) is 56.1 cm³/mol. The zero-order chi connectivity index (χ0) is 9.54. The van der Waals surface area contributed by atoms with Crippen molar-refractivity contribution in [3.63, 3.8) is 0 Å². The summed E-state index contributed by atoms with van der Waals surface area (Å²) < 4.78 is 6.61. The second kappa shape index (κ2) is 2.85. The van der Waals surface area contributed by atoms with E-state index in [1.54, 1.807) is 0 Å². The van der Waals surface area contributed by atoms with E-state index in [1.165, 1.54) is 0 Å². The molecule has 3 rings (SSSR count). The van der Waals surface area contributed by atoms with E-state index in [0.29, 0.717) is 6.61 Å². The second-order valence-corrected chi connectivity index (χ2v) is 4.02. The Hall–Kier alpha value is -1.29. The molecule has 1 aromatic heterocycles. The van der Waals surface area contributed by atoms with Crippen LogP contribution >= 0.6 is 15.9 Å². The van der Waals surface area contributed by atoms with Gasteiger partial charge in [-0.3, -0.25) is 5.10 Å². The van der Waals surface area contributed by atoms with Crippen LogP contribution in [0.15, 0.2) is 28.9 Å². The van der Waals surface area contributed by atoms with Crippen LogP contribution in [-0.4, -0.2) is 10.2 Å². The first-order valence-corrected chi connectivity index (χ1v) is 5.10. The summed E-state index contributed by atoms with van der Waals surface area (Å²) in [6.45, 7) is 0.585. The number of ether oxygens (including phenoxy) is 1. The molecule has 4 heteroatoms. The summed E-state index contributed by atoms with van der Waals surface area (Å²) in [5, 5.41) is 7.07. The van der Waals surface area contributed by atoms with Crippen LogP contribution in [0.3, 0.4) is 0 Å². The van der Waals surface area contributed by atoms with Gasteiger partial charge in [0.15, 0.2) is 0 Å². The van der Waals surface area contributed by atoms with Crippen LogP contribution in [0.1, 0.15) is 5.56 Å². The highest BCUT2D eigenvalue weighted by Gasteiger charge is 2.20. The fourth-order valence-corrected chi connectivity index (χ4v) is 2.13. The Bertz CT molecular complexity index is 493. The molecule has 0 saturated carbocycles. The molecule has 2 aromatic rings. The van der Waals surface area contributed by atoms with Gasteiger partial charge in [-0.05, 0) is 28.1 Å².